The molecular weight excluding hydrogens is 428 g/mol. The van der Waals surface area contributed by atoms with Gasteiger partial charge in [-0.15, -0.1) is 0 Å². The molecule has 7 heteroatoms. The van der Waals surface area contributed by atoms with Gasteiger partial charge < -0.3 is 0 Å². The zero-order valence-corrected chi connectivity index (χ0v) is 18.4. The number of carbonyl (C=O) groups excluding carboxylic acids is 4. The average molecular weight is 451 g/mol. The number of nitrogens with zero attached hydrogens (tertiary/aromatic N) is 2. The topological polar surface area (TPSA) is 74.8 Å². The van der Waals surface area contributed by atoms with E-state index in [1.807, 2.05) is 12.2 Å². The monoisotopic (exact) mass is 450 g/mol. The fraction of sp³-hybridized carbons (Fsp3) is 0.280. The molecule has 1 saturated heterocycles. The van der Waals surface area contributed by atoms with Crippen LogP contribution in [0.4, 0.5) is 0 Å². The molecule has 2 aliphatic rings. The molecule has 0 radical (unpaired) electrons. The Morgan fingerprint density at radius 2 is 1.53 bits per heavy atom. The molecule has 6 nitrogen and oxygen atoms in total. The molecule has 1 heterocycles. The van der Waals surface area contributed by atoms with E-state index in [1.165, 1.54) is 6.07 Å². The van der Waals surface area contributed by atoms with E-state index in [9.17, 15) is 19.2 Å². The van der Waals surface area contributed by atoms with Crippen LogP contribution in [0.5, 0.6) is 0 Å². The summed E-state index contributed by atoms with van der Waals surface area (Å²) in [4.78, 5) is 53.8. The van der Waals surface area contributed by atoms with Crippen molar-refractivity contribution in [3.05, 3.63) is 82.9 Å². The van der Waals surface area contributed by atoms with E-state index in [1.54, 1.807) is 55.5 Å². The van der Waals surface area contributed by atoms with E-state index in [2.05, 4.69) is 0 Å². The molecule has 164 valence electrons. The lowest BCUT2D eigenvalue weighted by molar-refractivity contribution is -0.156. The molecule has 1 fully saturated rings. The van der Waals surface area contributed by atoms with E-state index >= 15 is 0 Å². The zero-order chi connectivity index (χ0) is 22.8. The van der Waals surface area contributed by atoms with Gasteiger partial charge in [0.25, 0.3) is 17.7 Å². The van der Waals surface area contributed by atoms with E-state index < -0.39 is 35.6 Å². The van der Waals surface area contributed by atoms with Crippen LogP contribution in [0.25, 0.3) is 0 Å². The summed E-state index contributed by atoms with van der Waals surface area (Å²) in [6, 6.07) is 13.9. The van der Waals surface area contributed by atoms with Gasteiger partial charge >= 0.3 is 0 Å². The Bertz CT molecular complexity index is 1070. The van der Waals surface area contributed by atoms with Crippen LogP contribution < -0.4 is 0 Å². The Balaban J connectivity index is 1.81. The molecule has 32 heavy (non-hydrogen) atoms. The minimum Gasteiger partial charge on any atom is -0.292 e. The van der Waals surface area contributed by atoms with Gasteiger partial charge in [0.2, 0.25) is 0 Å². The summed E-state index contributed by atoms with van der Waals surface area (Å²) in [6.45, 7) is 1.75. The molecule has 0 saturated carbocycles. The molecule has 0 aromatic heterocycles. The maximum Gasteiger partial charge on any atom is 0.275 e. The standard InChI is InChI=1S/C25H23ClN2O4/c1-2-21(22(29)16-10-4-3-5-11-16)27(25(32)19-14-8-9-15-20(19)26)28-23(30)17-12-6-7-13-18(17)24(28)31/h3-11,14-15,17-18,21H,2,12-13H2,1H3/t17-,18+,21-/m1/s1. The molecule has 0 bridgehead atoms. The van der Waals surface area contributed by atoms with Crippen LogP contribution in [0, 0.1) is 11.8 Å². The highest BCUT2D eigenvalue weighted by atomic mass is 35.5. The van der Waals surface area contributed by atoms with Crippen molar-refractivity contribution in [2.24, 2.45) is 11.8 Å². The minimum absolute atomic E-state index is 0.127. The molecule has 3 amide bonds. The van der Waals surface area contributed by atoms with Gasteiger partial charge in [-0.1, -0.05) is 73.1 Å². The molecular formula is C25H23ClN2O4. The number of allylic oxidation sites excluding steroid dienone is 2. The Morgan fingerprint density at radius 3 is 2.09 bits per heavy atom. The van der Waals surface area contributed by atoms with Gasteiger partial charge in [0, 0.05) is 5.56 Å². The van der Waals surface area contributed by atoms with Crippen molar-refractivity contribution in [2.75, 3.05) is 0 Å². The predicted molar refractivity (Wildman–Crippen MR) is 120 cm³/mol. The van der Waals surface area contributed by atoms with E-state index in [4.69, 9.17) is 11.6 Å². The first-order valence-electron chi connectivity index (χ1n) is 10.7. The summed E-state index contributed by atoms with van der Waals surface area (Å²) in [5.74, 6) is -2.97. The normalized spacial score (nSPS) is 20.8. The van der Waals surface area contributed by atoms with Crippen LogP contribution in [0.3, 0.4) is 0 Å². The Hall–Kier alpha value is -3.25. The number of fused-ring (bicyclic) bond motifs is 1. The van der Waals surface area contributed by atoms with Crippen LogP contribution in [-0.2, 0) is 9.59 Å². The van der Waals surface area contributed by atoms with E-state index in [0.29, 0.717) is 18.4 Å². The largest absolute Gasteiger partial charge is 0.292 e. The van der Waals surface area contributed by atoms with Gasteiger partial charge in [0.15, 0.2) is 5.78 Å². The quantitative estimate of drug-likeness (QED) is 0.373. The van der Waals surface area contributed by atoms with Gasteiger partial charge in [0.05, 0.1) is 22.4 Å². The highest BCUT2D eigenvalue weighted by molar-refractivity contribution is 6.34. The maximum atomic E-state index is 13.7. The maximum absolute atomic E-state index is 13.7. The van der Waals surface area contributed by atoms with Crippen molar-refractivity contribution >= 4 is 35.1 Å². The predicted octanol–water partition coefficient (Wildman–Crippen LogP) is 4.31. The molecule has 3 atom stereocenters. The lowest BCUT2D eigenvalue weighted by Gasteiger charge is -2.36. The van der Waals surface area contributed by atoms with Crippen molar-refractivity contribution in [1.29, 1.82) is 0 Å². The molecule has 0 N–H and O–H groups in total. The van der Waals surface area contributed by atoms with Gasteiger partial charge in [-0.25, -0.2) is 5.01 Å². The summed E-state index contributed by atoms with van der Waals surface area (Å²) < 4.78 is 0. The summed E-state index contributed by atoms with van der Waals surface area (Å²) in [5, 5.41) is 2.13. The number of halogens is 1. The number of ketones is 1. The highest BCUT2D eigenvalue weighted by Gasteiger charge is 2.53. The molecule has 0 spiro atoms. The number of hydrazine groups is 1. The molecule has 4 rings (SSSR count). The number of amides is 3. The first-order chi connectivity index (χ1) is 15.5. The smallest absolute Gasteiger partial charge is 0.275 e. The Kier molecular flexibility index (Phi) is 6.24. The Morgan fingerprint density at radius 1 is 0.969 bits per heavy atom. The van der Waals surface area contributed by atoms with Crippen LogP contribution in [0.15, 0.2) is 66.7 Å². The first-order valence-corrected chi connectivity index (χ1v) is 11.0. The van der Waals surface area contributed by atoms with Crippen LogP contribution >= 0.6 is 11.6 Å². The number of carbonyl (C=O) groups is 4. The SMILES string of the molecule is CC[C@H](C(=O)c1ccccc1)N(C(=O)c1ccccc1Cl)N1C(=O)[C@H]2CC=CC[C@H]2C1=O. The molecule has 0 unspecified atom stereocenters. The van der Waals surface area contributed by atoms with Crippen molar-refractivity contribution < 1.29 is 19.2 Å². The third kappa shape index (κ3) is 3.75. The number of benzene rings is 2. The first kappa shape index (κ1) is 22.0. The highest BCUT2D eigenvalue weighted by Crippen LogP contribution is 2.37. The number of hydrogen-bond donors (Lipinski definition) is 0. The second kappa shape index (κ2) is 9.09. The number of imide groups is 1. The second-order valence-corrected chi connectivity index (χ2v) is 8.34. The fourth-order valence-electron chi connectivity index (χ4n) is 4.39. The van der Waals surface area contributed by atoms with Gasteiger partial charge in [0.1, 0.15) is 6.04 Å². The second-order valence-electron chi connectivity index (χ2n) is 7.93. The van der Waals surface area contributed by atoms with Gasteiger partial charge in [-0.2, -0.15) is 5.01 Å². The van der Waals surface area contributed by atoms with E-state index in [-0.39, 0.29) is 22.8 Å². The summed E-state index contributed by atoms with van der Waals surface area (Å²) >= 11 is 6.28. The number of rotatable bonds is 6. The minimum atomic E-state index is -1.04. The van der Waals surface area contributed by atoms with Crippen molar-refractivity contribution in [3.63, 3.8) is 0 Å². The van der Waals surface area contributed by atoms with Crippen LogP contribution in [-0.4, -0.2) is 39.6 Å². The van der Waals surface area contributed by atoms with Crippen molar-refractivity contribution in [3.8, 4) is 0 Å². The zero-order valence-electron chi connectivity index (χ0n) is 17.6. The molecule has 1 aliphatic heterocycles. The molecule has 2 aromatic rings. The van der Waals surface area contributed by atoms with Crippen molar-refractivity contribution in [2.45, 2.75) is 32.2 Å². The third-order valence-electron chi connectivity index (χ3n) is 6.05. The Labute approximate surface area is 191 Å². The van der Waals surface area contributed by atoms with Crippen molar-refractivity contribution in [1.82, 2.24) is 10.0 Å². The third-order valence-corrected chi connectivity index (χ3v) is 6.38. The molecule has 2 aromatic carbocycles. The number of Topliss-reactive ketones (excluding diaryl/α,β-unsaturated/α-hetero) is 1. The summed E-state index contributed by atoms with van der Waals surface area (Å²) in [5.41, 5.74) is 0.525. The van der Waals surface area contributed by atoms with E-state index in [0.717, 1.165) is 10.0 Å². The van der Waals surface area contributed by atoms with Crippen LogP contribution in [0.2, 0.25) is 5.02 Å². The van der Waals surface area contributed by atoms with Gasteiger partial charge in [-0.3, -0.25) is 19.2 Å². The lowest BCUT2D eigenvalue weighted by Crippen LogP contribution is -2.57. The number of hydrogen-bond acceptors (Lipinski definition) is 4. The fourth-order valence-corrected chi connectivity index (χ4v) is 4.61. The lowest BCUT2D eigenvalue weighted by atomic mass is 9.85. The van der Waals surface area contributed by atoms with Crippen LogP contribution in [0.1, 0.15) is 46.9 Å². The average Bonchev–Trinajstić information content (AvgIpc) is 3.07. The molecule has 1 aliphatic carbocycles. The summed E-state index contributed by atoms with van der Waals surface area (Å²) in [7, 11) is 0. The van der Waals surface area contributed by atoms with Gasteiger partial charge in [-0.05, 0) is 31.4 Å². The summed E-state index contributed by atoms with van der Waals surface area (Å²) in [6.07, 6.45) is 4.84.